The van der Waals surface area contributed by atoms with Gasteiger partial charge in [0.15, 0.2) is 0 Å². The lowest BCUT2D eigenvalue weighted by Crippen LogP contribution is -2.46. The van der Waals surface area contributed by atoms with Crippen LogP contribution in [-0.2, 0) is 22.7 Å². The van der Waals surface area contributed by atoms with E-state index in [4.69, 9.17) is 4.74 Å². The second-order valence-electron chi connectivity index (χ2n) is 8.26. The van der Waals surface area contributed by atoms with Crippen molar-refractivity contribution in [2.75, 3.05) is 27.7 Å². The Morgan fingerprint density at radius 2 is 1.84 bits per heavy atom. The van der Waals surface area contributed by atoms with Crippen molar-refractivity contribution in [3.63, 3.8) is 0 Å². The molecule has 172 valence electrons. The molecule has 1 aromatic carbocycles. The number of benzene rings is 1. The minimum Gasteiger partial charge on any atom is -0.373 e. The summed E-state index contributed by atoms with van der Waals surface area (Å²) in [6.45, 7) is 4.91. The first-order valence-electron chi connectivity index (χ1n) is 10.9. The quantitative estimate of drug-likeness (QED) is 0.717. The van der Waals surface area contributed by atoms with E-state index in [1.807, 2.05) is 41.8 Å². The topological polar surface area (TPSA) is 83.9 Å². The molecule has 0 radical (unpaired) electrons. The van der Waals surface area contributed by atoms with E-state index < -0.39 is 6.04 Å². The zero-order valence-corrected chi connectivity index (χ0v) is 19.4. The van der Waals surface area contributed by atoms with Gasteiger partial charge in [0, 0.05) is 27.7 Å². The highest BCUT2D eigenvalue weighted by atomic mass is 16.5. The van der Waals surface area contributed by atoms with Crippen LogP contribution in [0, 0.1) is 0 Å². The number of rotatable bonds is 7. The van der Waals surface area contributed by atoms with Gasteiger partial charge in [0.2, 0.25) is 5.91 Å². The van der Waals surface area contributed by atoms with Crippen molar-refractivity contribution in [3.05, 3.63) is 58.9 Å². The first kappa shape index (κ1) is 23.5. The molecule has 3 amide bonds. The van der Waals surface area contributed by atoms with Gasteiger partial charge in [0.25, 0.3) is 11.8 Å². The summed E-state index contributed by atoms with van der Waals surface area (Å²) in [5, 5.41) is 3.09. The van der Waals surface area contributed by atoms with E-state index in [-0.39, 0.29) is 30.4 Å². The predicted octanol–water partition coefficient (Wildman–Crippen LogP) is 2.45. The first-order chi connectivity index (χ1) is 15.3. The number of ether oxygens (including phenoxy) is 1. The zero-order valence-electron chi connectivity index (χ0n) is 19.4. The Balaban J connectivity index is 1.89. The Morgan fingerprint density at radius 1 is 1.16 bits per heavy atom. The molecule has 0 spiro atoms. The second kappa shape index (κ2) is 9.99. The van der Waals surface area contributed by atoms with Crippen molar-refractivity contribution >= 4 is 17.7 Å². The van der Waals surface area contributed by atoms with E-state index in [1.165, 1.54) is 9.80 Å². The Morgan fingerprint density at radius 3 is 2.47 bits per heavy atom. The first-order valence-corrected chi connectivity index (χ1v) is 10.9. The van der Waals surface area contributed by atoms with Crippen LogP contribution in [0.2, 0.25) is 0 Å². The summed E-state index contributed by atoms with van der Waals surface area (Å²) >= 11 is 0. The monoisotopic (exact) mass is 440 g/mol. The molecule has 0 saturated carbocycles. The standard InChI is InChI=1S/C24H32N4O4/c1-6-19(17-10-8-7-9-11-17)25-22(29)18-14-20(28-12-13-32-15-21(18)28)24(31)27(5)16(2)23(30)26(3)4/h7-11,14,16,19H,6,12-13,15H2,1-5H3,(H,25,29). The average Bonchev–Trinajstić information content (AvgIpc) is 3.20. The minimum absolute atomic E-state index is 0.136. The Bertz CT molecular complexity index is 983. The normalized spacial score (nSPS) is 14.8. The van der Waals surface area contributed by atoms with E-state index in [2.05, 4.69) is 5.32 Å². The van der Waals surface area contributed by atoms with Crippen molar-refractivity contribution in [2.24, 2.45) is 0 Å². The third kappa shape index (κ3) is 4.70. The van der Waals surface area contributed by atoms with E-state index in [9.17, 15) is 14.4 Å². The maximum atomic E-state index is 13.3. The smallest absolute Gasteiger partial charge is 0.270 e. The Labute approximate surface area is 189 Å². The third-order valence-corrected chi connectivity index (χ3v) is 5.99. The molecule has 2 aromatic rings. The van der Waals surface area contributed by atoms with Crippen molar-refractivity contribution in [1.29, 1.82) is 0 Å². The van der Waals surface area contributed by atoms with Gasteiger partial charge in [-0.3, -0.25) is 14.4 Å². The van der Waals surface area contributed by atoms with Gasteiger partial charge in [-0.1, -0.05) is 37.3 Å². The lowest BCUT2D eigenvalue weighted by Gasteiger charge is -2.27. The molecule has 1 aliphatic heterocycles. The molecule has 8 heteroatoms. The molecule has 0 bridgehead atoms. The number of aromatic nitrogens is 1. The predicted molar refractivity (Wildman–Crippen MR) is 121 cm³/mol. The largest absolute Gasteiger partial charge is 0.373 e. The van der Waals surface area contributed by atoms with Crippen LogP contribution in [0.15, 0.2) is 36.4 Å². The highest BCUT2D eigenvalue weighted by Crippen LogP contribution is 2.24. The molecule has 0 saturated heterocycles. The summed E-state index contributed by atoms with van der Waals surface area (Å²) in [5.41, 5.74) is 2.53. The second-order valence-corrected chi connectivity index (χ2v) is 8.26. The highest BCUT2D eigenvalue weighted by molar-refractivity contribution is 6.01. The molecule has 3 rings (SSSR count). The van der Waals surface area contributed by atoms with Gasteiger partial charge in [-0.15, -0.1) is 0 Å². The molecule has 2 atom stereocenters. The van der Waals surface area contributed by atoms with Gasteiger partial charge in [-0.25, -0.2) is 0 Å². The number of hydrogen-bond donors (Lipinski definition) is 1. The van der Waals surface area contributed by atoms with Crippen LogP contribution < -0.4 is 5.32 Å². The van der Waals surface area contributed by atoms with Crippen LogP contribution in [0.1, 0.15) is 58.4 Å². The summed E-state index contributed by atoms with van der Waals surface area (Å²) in [6, 6.07) is 10.7. The van der Waals surface area contributed by atoms with Crippen molar-refractivity contribution in [2.45, 2.75) is 45.5 Å². The number of nitrogens with one attached hydrogen (secondary N) is 1. The fourth-order valence-electron chi connectivity index (χ4n) is 3.94. The molecule has 2 heterocycles. The number of carbonyl (C=O) groups is 3. The van der Waals surface area contributed by atoms with E-state index in [1.54, 1.807) is 34.1 Å². The van der Waals surface area contributed by atoms with E-state index >= 15 is 0 Å². The molecule has 32 heavy (non-hydrogen) atoms. The molecule has 8 nitrogen and oxygen atoms in total. The summed E-state index contributed by atoms with van der Waals surface area (Å²) in [4.78, 5) is 41.7. The lowest BCUT2D eigenvalue weighted by molar-refractivity contribution is -0.132. The number of likely N-dealkylation sites (N-methyl/N-ethyl adjacent to an activating group) is 2. The summed E-state index contributed by atoms with van der Waals surface area (Å²) in [6.07, 6.45) is 0.737. The van der Waals surface area contributed by atoms with Crippen LogP contribution in [0.3, 0.4) is 0 Å². The van der Waals surface area contributed by atoms with E-state index in [0.717, 1.165) is 12.0 Å². The lowest BCUT2D eigenvalue weighted by atomic mass is 10.0. The van der Waals surface area contributed by atoms with Crippen LogP contribution in [0.5, 0.6) is 0 Å². The third-order valence-electron chi connectivity index (χ3n) is 5.99. The number of fused-ring (bicyclic) bond motifs is 1. The highest BCUT2D eigenvalue weighted by Gasteiger charge is 2.31. The van der Waals surface area contributed by atoms with E-state index in [0.29, 0.717) is 30.1 Å². The van der Waals surface area contributed by atoms with Crippen LogP contribution in [-0.4, -0.2) is 65.9 Å². The summed E-state index contributed by atoms with van der Waals surface area (Å²) < 4.78 is 7.43. The molecule has 0 aliphatic carbocycles. The SMILES string of the molecule is CCC(NC(=O)c1cc(C(=O)N(C)C(C)C(=O)N(C)C)n2c1COCC2)c1ccccc1. The fraction of sp³-hybridized carbons (Fsp3) is 0.458. The maximum Gasteiger partial charge on any atom is 0.270 e. The number of nitrogens with zero attached hydrogens (tertiary/aromatic N) is 3. The van der Waals surface area contributed by atoms with Crippen LogP contribution in [0.25, 0.3) is 0 Å². The summed E-state index contributed by atoms with van der Waals surface area (Å²) in [7, 11) is 4.93. The molecule has 1 N–H and O–H groups in total. The number of hydrogen-bond acceptors (Lipinski definition) is 4. The Kier molecular flexibility index (Phi) is 7.35. The molecule has 1 aromatic heterocycles. The fourth-order valence-corrected chi connectivity index (χ4v) is 3.94. The minimum atomic E-state index is -0.622. The van der Waals surface area contributed by atoms with Gasteiger partial charge >= 0.3 is 0 Å². The number of amides is 3. The van der Waals surface area contributed by atoms with Crippen molar-refractivity contribution in [3.8, 4) is 0 Å². The van der Waals surface area contributed by atoms with Crippen molar-refractivity contribution < 1.29 is 19.1 Å². The van der Waals surface area contributed by atoms with Crippen LogP contribution in [0.4, 0.5) is 0 Å². The van der Waals surface area contributed by atoms with Gasteiger partial charge < -0.3 is 24.4 Å². The molecule has 0 fully saturated rings. The molecule has 1 aliphatic rings. The van der Waals surface area contributed by atoms with Crippen LogP contribution >= 0.6 is 0 Å². The molecule has 2 unspecified atom stereocenters. The number of carbonyl (C=O) groups excluding carboxylic acids is 3. The molecular formula is C24H32N4O4. The maximum absolute atomic E-state index is 13.3. The van der Waals surface area contributed by atoms with Gasteiger partial charge in [0.1, 0.15) is 11.7 Å². The van der Waals surface area contributed by atoms with Gasteiger partial charge in [0.05, 0.1) is 30.5 Å². The van der Waals surface area contributed by atoms with Gasteiger partial charge in [-0.2, -0.15) is 0 Å². The zero-order chi connectivity index (χ0) is 23.4. The van der Waals surface area contributed by atoms with Crippen molar-refractivity contribution in [1.82, 2.24) is 19.7 Å². The summed E-state index contributed by atoms with van der Waals surface area (Å²) in [5.74, 6) is -0.708. The molecular weight excluding hydrogens is 408 g/mol. The van der Waals surface area contributed by atoms with Gasteiger partial charge in [-0.05, 0) is 25.0 Å². The average molecular weight is 441 g/mol. The Hall–Kier alpha value is -3.13.